The second kappa shape index (κ2) is 12.1. The summed E-state index contributed by atoms with van der Waals surface area (Å²) in [6.45, 7) is 10.9. The number of carbonyl (C=O) groups is 2. The molecule has 0 aliphatic carbocycles. The van der Waals surface area contributed by atoms with E-state index >= 15 is 0 Å². The van der Waals surface area contributed by atoms with Gasteiger partial charge in [0.25, 0.3) is 0 Å². The quantitative estimate of drug-likeness (QED) is 0.613. The molecule has 0 heterocycles. The summed E-state index contributed by atoms with van der Waals surface area (Å²) in [6.07, 6.45) is 0. The van der Waals surface area contributed by atoms with Gasteiger partial charge in [-0.05, 0) is 27.9 Å². The number of halogens is 1. The summed E-state index contributed by atoms with van der Waals surface area (Å²) in [5.74, 6) is -1.25. The second-order valence-electron chi connectivity index (χ2n) is 3.81. The Hall–Kier alpha value is -1.33. The second-order valence-corrected chi connectivity index (χ2v) is 3.81. The lowest BCUT2D eigenvalue weighted by Gasteiger charge is -2.09. The molecule has 0 rings (SSSR count). The molecule has 106 valence electrons. The normalized spacial score (nSPS) is 8.50. The molecule has 0 aromatic carbocycles. The van der Waals surface area contributed by atoms with Crippen molar-refractivity contribution < 1.29 is 19.4 Å². The minimum absolute atomic E-state index is 0. The minimum Gasteiger partial charge on any atom is -0.478 e. The van der Waals surface area contributed by atoms with Crippen molar-refractivity contribution in [3.05, 3.63) is 24.3 Å². The summed E-state index contributed by atoms with van der Waals surface area (Å²) in [6, 6.07) is 0. The Morgan fingerprint density at radius 3 is 1.78 bits per heavy atom. The Morgan fingerprint density at radius 2 is 1.56 bits per heavy atom. The fraction of sp³-hybridized carbons (Fsp3) is 0.500. The van der Waals surface area contributed by atoms with Crippen LogP contribution in [0.1, 0.15) is 13.8 Å². The van der Waals surface area contributed by atoms with Gasteiger partial charge in [-0.3, -0.25) is 0 Å². The van der Waals surface area contributed by atoms with E-state index in [0.29, 0.717) is 12.2 Å². The number of esters is 1. The molecule has 0 atom stereocenters. The molecule has 18 heavy (non-hydrogen) atoms. The Balaban J connectivity index is -0.000000277. The number of likely N-dealkylation sites (N-methyl/N-ethyl adjacent to an activating group) is 1. The highest BCUT2D eigenvalue weighted by Crippen LogP contribution is 1.91. The highest BCUT2D eigenvalue weighted by Gasteiger charge is 2.01. The van der Waals surface area contributed by atoms with E-state index in [1.54, 1.807) is 6.92 Å². The van der Waals surface area contributed by atoms with E-state index in [4.69, 9.17) is 9.84 Å². The van der Waals surface area contributed by atoms with Gasteiger partial charge in [0, 0.05) is 17.7 Å². The van der Waals surface area contributed by atoms with E-state index in [0.717, 1.165) is 6.54 Å². The van der Waals surface area contributed by atoms with E-state index < -0.39 is 5.97 Å². The highest BCUT2D eigenvalue weighted by molar-refractivity contribution is 5.86. The van der Waals surface area contributed by atoms with Crippen LogP contribution in [0.2, 0.25) is 0 Å². The number of hydrogen-bond acceptors (Lipinski definition) is 4. The van der Waals surface area contributed by atoms with Gasteiger partial charge in [-0.25, -0.2) is 9.59 Å². The number of rotatable bonds is 5. The van der Waals surface area contributed by atoms with Crippen LogP contribution in [-0.2, 0) is 14.3 Å². The third kappa shape index (κ3) is 17.1. The van der Waals surface area contributed by atoms with E-state index in [2.05, 4.69) is 13.2 Å². The number of carboxylic acids is 1. The molecule has 0 radical (unpaired) electrons. The van der Waals surface area contributed by atoms with Gasteiger partial charge < -0.3 is 14.7 Å². The zero-order valence-corrected chi connectivity index (χ0v) is 12.2. The van der Waals surface area contributed by atoms with Gasteiger partial charge >= 0.3 is 11.9 Å². The van der Waals surface area contributed by atoms with Crippen LogP contribution in [0.15, 0.2) is 24.3 Å². The Kier molecular flexibility index (Phi) is 14.8. The van der Waals surface area contributed by atoms with E-state index in [-0.39, 0.29) is 23.9 Å². The molecule has 0 amide bonds. The molecular weight excluding hydrogens is 258 g/mol. The molecular formula is C12H22ClNO4. The lowest BCUT2D eigenvalue weighted by molar-refractivity contribution is -0.139. The van der Waals surface area contributed by atoms with Crippen LogP contribution < -0.4 is 0 Å². The predicted molar refractivity (Wildman–Crippen MR) is 74.0 cm³/mol. The minimum atomic E-state index is -0.935. The lowest BCUT2D eigenvalue weighted by Crippen LogP contribution is -2.20. The molecule has 5 nitrogen and oxygen atoms in total. The molecule has 0 saturated heterocycles. The van der Waals surface area contributed by atoms with Crippen molar-refractivity contribution >= 4 is 24.3 Å². The molecule has 0 aromatic heterocycles. The molecule has 0 unspecified atom stereocenters. The van der Waals surface area contributed by atoms with Crippen LogP contribution in [0.3, 0.4) is 0 Å². The maximum Gasteiger partial charge on any atom is 0.333 e. The largest absolute Gasteiger partial charge is 0.478 e. The zero-order valence-electron chi connectivity index (χ0n) is 11.4. The number of carboxylic acid groups (broad SMARTS) is 1. The van der Waals surface area contributed by atoms with Crippen LogP contribution in [0.25, 0.3) is 0 Å². The van der Waals surface area contributed by atoms with Crippen LogP contribution in [0, 0.1) is 0 Å². The van der Waals surface area contributed by atoms with Crippen LogP contribution >= 0.6 is 12.4 Å². The number of ether oxygens (including phenoxy) is 1. The average Bonchev–Trinajstić information content (AvgIpc) is 2.17. The van der Waals surface area contributed by atoms with Crippen molar-refractivity contribution in [3.63, 3.8) is 0 Å². The number of nitrogens with zero attached hydrogens (tertiary/aromatic N) is 1. The zero-order chi connectivity index (χ0) is 14.0. The summed E-state index contributed by atoms with van der Waals surface area (Å²) in [7, 11) is 3.85. The van der Waals surface area contributed by atoms with E-state index in [9.17, 15) is 9.59 Å². The first-order valence-electron chi connectivity index (χ1n) is 5.04. The molecule has 0 aromatic rings. The number of carbonyl (C=O) groups excluding carboxylic acids is 1. The van der Waals surface area contributed by atoms with Crippen molar-refractivity contribution in [2.24, 2.45) is 0 Å². The van der Waals surface area contributed by atoms with Gasteiger partial charge in [-0.1, -0.05) is 13.2 Å². The molecule has 0 saturated carbocycles. The lowest BCUT2D eigenvalue weighted by atomic mass is 10.4. The van der Waals surface area contributed by atoms with Gasteiger partial charge in [0.1, 0.15) is 6.61 Å². The van der Waals surface area contributed by atoms with Crippen LogP contribution in [-0.4, -0.2) is 49.2 Å². The Labute approximate surface area is 115 Å². The molecule has 0 spiro atoms. The van der Waals surface area contributed by atoms with Gasteiger partial charge in [0.05, 0.1) is 0 Å². The predicted octanol–water partition coefficient (Wildman–Crippen LogP) is 1.74. The van der Waals surface area contributed by atoms with Crippen molar-refractivity contribution in [3.8, 4) is 0 Å². The van der Waals surface area contributed by atoms with E-state index in [1.165, 1.54) is 6.92 Å². The third-order valence-corrected chi connectivity index (χ3v) is 1.49. The first-order chi connectivity index (χ1) is 7.68. The van der Waals surface area contributed by atoms with Gasteiger partial charge in [0.2, 0.25) is 0 Å². The summed E-state index contributed by atoms with van der Waals surface area (Å²) >= 11 is 0. The Morgan fingerprint density at radius 1 is 1.17 bits per heavy atom. The molecule has 6 heteroatoms. The summed E-state index contributed by atoms with van der Waals surface area (Å²) in [5.41, 5.74) is 0.624. The maximum absolute atomic E-state index is 10.8. The average molecular weight is 280 g/mol. The van der Waals surface area contributed by atoms with Gasteiger partial charge in [-0.15, -0.1) is 12.4 Å². The number of aliphatic carboxylic acids is 1. The SMILES string of the molecule is C=C(C)C(=O)O.C=C(C)C(=O)OCCN(C)C.Cl. The summed E-state index contributed by atoms with van der Waals surface area (Å²) in [4.78, 5) is 22.3. The monoisotopic (exact) mass is 279 g/mol. The summed E-state index contributed by atoms with van der Waals surface area (Å²) < 4.78 is 4.83. The fourth-order valence-electron chi connectivity index (χ4n) is 0.444. The van der Waals surface area contributed by atoms with Crippen LogP contribution in [0.4, 0.5) is 0 Å². The maximum atomic E-state index is 10.8. The van der Waals surface area contributed by atoms with Crippen molar-refractivity contribution in [2.75, 3.05) is 27.2 Å². The molecule has 0 fully saturated rings. The molecule has 0 bridgehead atoms. The third-order valence-electron chi connectivity index (χ3n) is 1.49. The fourth-order valence-corrected chi connectivity index (χ4v) is 0.444. The molecule has 1 N–H and O–H groups in total. The van der Waals surface area contributed by atoms with Crippen molar-refractivity contribution in [2.45, 2.75) is 13.8 Å². The first kappa shape index (κ1) is 21.9. The summed E-state index contributed by atoms with van der Waals surface area (Å²) in [5, 5.41) is 7.89. The highest BCUT2D eigenvalue weighted by atomic mass is 35.5. The van der Waals surface area contributed by atoms with Crippen molar-refractivity contribution in [1.82, 2.24) is 4.90 Å². The number of hydrogen-bond donors (Lipinski definition) is 1. The van der Waals surface area contributed by atoms with Gasteiger partial charge in [-0.2, -0.15) is 0 Å². The van der Waals surface area contributed by atoms with Crippen molar-refractivity contribution in [1.29, 1.82) is 0 Å². The first-order valence-corrected chi connectivity index (χ1v) is 5.04. The van der Waals surface area contributed by atoms with Gasteiger partial charge in [0.15, 0.2) is 0 Å². The Bertz CT molecular complexity index is 288. The molecule has 0 aliphatic rings. The topological polar surface area (TPSA) is 66.8 Å². The van der Waals surface area contributed by atoms with E-state index in [1.807, 2.05) is 19.0 Å². The standard InChI is InChI=1S/C8H15NO2.C4H6O2.ClH/c1-7(2)8(10)11-6-5-9(3)4;1-3(2)4(5)6;/h1,5-6H2,2-4H3;1H2,2H3,(H,5,6);1H. The smallest absolute Gasteiger partial charge is 0.333 e. The molecule has 0 aliphatic heterocycles. The van der Waals surface area contributed by atoms with Crippen LogP contribution in [0.5, 0.6) is 0 Å².